The highest BCUT2D eigenvalue weighted by Crippen LogP contribution is 2.33. The minimum absolute atomic E-state index is 0.180. The van der Waals surface area contributed by atoms with Crippen molar-refractivity contribution in [2.75, 3.05) is 27.9 Å². The summed E-state index contributed by atoms with van der Waals surface area (Å²) in [5.41, 5.74) is -0.434. The van der Waals surface area contributed by atoms with E-state index >= 15 is 0 Å². The number of carbonyl (C=O) groups is 2. The maximum Gasteiger partial charge on any atom is 0.325 e. The topological polar surface area (TPSA) is 83.1 Å². The predicted octanol–water partition coefficient (Wildman–Crippen LogP) is 1.78. The summed E-state index contributed by atoms with van der Waals surface area (Å²) in [6.45, 7) is 5.00. The molecule has 7 heteroatoms. The summed E-state index contributed by atoms with van der Waals surface area (Å²) in [5, 5.41) is 2.49. The van der Waals surface area contributed by atoms with Gasteiger partial charge in [0.1, 0.15) is 35.0 Å². The van der Waals surface area contributed by atoms with Gasteiger partial charge in [0.05, 0.1) is 21.3 Å². The summed E-state index contributed by atoms with van der Waals surface area (Å²) < 4.78 is 20.7. The second kappa shape index (κ2) is 7.71. The minimum atomic E-state index is -0.614. The zero-order valence-corrected chi connectivity index (χ0v) is 14.3. The van der Waals surface area contributed by atoms with E-state index in [1.165, 1.54) is 21.3 Å². The molecule has 0 saturated heterocycles. The Morgan fingerprint density at radius 2 is 1.52 bits per heavy atom. The normalized spacial score (nSPS) is 10.7. The maximum absolute atomic E-state index is 12.4. The lowest BCUT2D eigenvalue weighted by atomic mass is 10.1. The van der Waals surface area contributed by atoms with Crippen LogP contribution in [-0.2, 0) is 9.53 Å². The van der Waals surface area contributed by atoms with Gasteiger partial charge < -0.3 is 24.3 Å². The van der Waals surface area contributed by atoms with Gasteiger partial charge in [-0.2, -0.15) is 0 Å². The second-order valence-electron chi connectivity index (χ2n) is 5.68. The number of carbonyl (C=O) groups excluding carboxylic acids is 2. The van der Waals surface area contributed by atoms with Gasteiger partial charge in [-0.3, -0.25) is 9.59 Å². The van der Waals surface area contributed by atoms with Gasteiger partial charge in [-0.1, -0.05) is 0 Å². The number of esters is 1. The Morgan fingerprint density at radius 3 is 1.91 bits per heavy atom. The van der Waals surface area contributed by atoms with Crippen molar-refractivity contribution in [3.8, 4) is 17.2 Å². The predicted molar refractivity (Wildman–Crippen MR) is 84.3 cm³/mol. The van der Waals surface area contributed by atoms with E-state index < -0.39 is 17.5 Å². The smallest absolute Gasteiger partial charge is 0.325 e. The van der Waals surface area contributed by atoms with Gasteiger partial charge in [0.15, 0.2) is 0 Å². The Labute approximate surface area is 135 Å². The van der Waals surface area contributed by atoms with Crippen LogP contribution in [-0.4, -0.2) is 45.4 Å². The molecule has 1 rings (SSSR count). The van der Waals surface area contributed by atoms with Crippen LogP contribution >= 0.6 is 0 Å². The molecule has 128 valence electrons. The number of nitrogens with one attached hydrogen (secondary N) is 1. The van der Waals surface area contributed by atoms with Crippen LogP contribution in [0.5, 0.6) is 17.2 Å². The van der Waals surface area contributed by atoms with E-state index in [1.807, 2.05) is 0 Å². The molecule has 0 radical (unpaired) electrons. The molecule has 1 N–H and O–H groups in total. The van der Waals surface area contributed by atoms with Gasteiger partial charge in [-0.05, 0) is 20.8 Å². The van der Waals surface area contributed by atoms with Crippen molar-refractivity contribution in [1.29, 1.82) is 0 Å². The monoisotopic (exact) mass is 325 g/mol. The minimum Gasteiger partial charge on any atom is -0.496 e. The SMILES string of the molecule is COc1cc(OC)c(C(=O)NCC(=O)OC(C)(C)C)c(OC)c1. The molecule has 0 aliphatic carbocycles. The van der Waals surface area contributed by atoms with Gasteiger partial charge in [0.2, 0.25) is 0 Å². The Morgan fingerprint density at radius 1 is 1.00 bits per heavy atom. The maximum atomic E-state index is 12.4. The molecule has 0 atom stereocenters. The third-order valence-electron chi connectivity index (χ3n) is 2.76. The average molecular weight is 325 g/mol. The molecular weight excluding hydrogens is 302 g/mol. The number of ether oxygens (including phenoxy) is 4. The highest BCUT2D eigenvalue weighted by molar-refractivity contribution is 6.01. The summed E-state index contributed by atoms with van der Waals surface area (Å²) in [4.78, 5) is 24.0. The van der Waals surface area contributed by atoms with Crippen molar-refractivity contribution in [3.05, 3.63) is 17.7 Å². The number of rotatable bonds is 6. The first-order chi connectivity index (χ1) is 10.7. The van der Waals surface area contributed by atoms with Crippen LogP contribution in [0, 0.1) is 0 Å². The van der Waals surface area contributed by atoms with Crippen LogP contribution in [0.3, 0.4) is 0 Å². The fourth-order valence-corrected chi connectivity index (χ4v) is 1.85. The summed E-state index contributed by atoms with van der Waals surface area (Å²) >= 11 is 0. The molecule has 1 aromatic carbocycles. The fourth-order valence-electron chi connectivity index (χ4n) is 1.85. The van der Waals surface area contributed by atoms with E-state index in [9.17, 15) is 9.59 Å². The average Bonchev–Trinajstić information content (AvgIpc) is 2.49. The number of hydrogen-bond acceptors (Lipinski definition) is 6. The molecule has 0 heterocycles. The third-order valence-corrected chi connectivity index (χ3v) is 2.76. The van der Waals surface area contributed by atoms with Crippen molar-refractivity contribution in [3.63, 3.8) is 0 Å². The van der Waals surface area contributed by atoms with E-state index in [2.05, 4.69) is 5.32 Å². The summed E-state index contributed by atoms with van der Waals surface area (Å²) in [5.74, 6) is 0.0117. The standard InChI is InChI=1S/C16H23NO6/c1-16(2,3)23-13(18)9-17-15(19)14-11(21-5)7-10(20-4)8-12(14)22-6/h7-8H,9H2,1-6H3,(H,17,19). The number of hydrogen-bond donors (Lipinski definition) is 1. The Balaban J connectivity index is 2.93. The Hall–Kier alpha value is -2.44. The van der Waals surface area contributed by atoms with E-state index in [0.717, 1.165) is 0 Å². The molecule has 0 fully saturated rings. The van der Waals surface area contributed by atoms with Crippen LogP contribution in [0.15, 0.2) is 12.1 Å². The number of amides is 1. The molecular formula is C16H23NO6. The molecule has 0 aliphatic rings. The number of methoxy groups -OCH3 is 3. The molecule has 7 nitrogen and oxygen atoms in total. The molecule has 0 saturated carbocycles. The van der Waals surface area contributed by atoms with E-state index in [1.54, 1.807) is 32.9 Å². The van der Waals surface area contributed by atoms with Crippen LogP contribution in [0.25, 0.3) is 0 Å². The van der Waals surface area contributed by atoms with Crippen molar-refractivity contribution in [1.82, 2.24) is 5.32 Å². The fraction of sp³-hybridized carbons (Fsp3) is 0.500. The van der Waals surface area contributed by atoms with Gasteiger partial charge in [-0.15, -0.1) is 0 Å². The quantitative estimate of drug-likeness (QED) is 0.803. The van der Waals surface area contributed by atoms with E-state index in [4.69, 9.17) is 18.9 Å². The van der Waals surface area contributed by atoms with Crippen LogP contribution < -0.4 is 19.5 Å². The Bertz CT molecular complexity index is 551. The highest BCUT2D eigenvalue weighted by Gasteiger charge is 2.22. The van der Waals surface area contributed by atoms with Crippen LogP contribution in [0.2, 0.25) is 0 Å². The number of benzene rings is 1. The molecule has 23 heavy (non-hydrogen) atoms. The Kier molecular flexibility index (Phi) is 6.24. The summed E-state index contributed by atoms with van der Waals surface area (Å²) in [6, 6.07) is 3.12. The molecule has 0 spiro atoms. The molecule has 1 amide bonds. The van der Waals surface area contributed by atoms with Gasteiger partial charge in [0.25, 0.3) is 5.91 Å². The van der Waals surface area contributed by atoms with Crippen molar-refractivity contribution in [2.24, 2.45) is 0 Å². The van der Waals surface area contributed by atoms with Gasteiger partial charge in [-0.25, -0.2) is 0 Å². The first kappa shape index (κ1) is 18.6. The summed E-state index contributed by atoms with van der Waals surface area (Å²) in [7, 11) is 4.36. The van der Waals surface area contributed by atoms with E-state index in [0.29, 0.717) is 5.75 Å². The lowest BCUT2D eigenvalue weighted by molar-refractivity contribution is -0.153. The molecule has 0 aromatic heterocycles. The second-order valence-corrected chi connectivity index (χ2v) is 5.68. The van der Waals surface area contributed by atoms with Crippen molar-refractivity contribution < 1.29 is 28.5 Å². The molecule has 0 aliphatic heterocycles. The zero-order chi connectivity index (χ0) is 17.6. The van der Waals surface area contributed by atoms with Gasteiger partial charge >= 0.3 is 5.97 Å². The lowest BCUT2D eigenvalue weighted by Crippen LogP contribution is -2.34. The third kappa shape index (κ3) is 5.36. The zero-order valence-electron chi connectivity index (χ0n) is 14.3. The van der Waals surface area contributed by atoms with Crippen LogP contribution in [0.1, 0.15) is 31.1 Å². The highest BCUT2D eigenvalue weighted by atomic mass is 16.6. The lowest BCUT2D eigenvalue weighted by Gasteiger charge is -2.20. The molecule has 1 aromatic rings. The van der Waals surface area contributed by atoms with Crippen LogP contribution in [0.4, 0.5) is 0 Å². The summed E-state index contributed by atoms with van der Waals surface area (Å²) in [6.07, 6.45) is 0. The first-order valence-electron chi connectivity index (χ1n) is 7.02. The first-order valence-corrected chi connectivity index (χ1v) is 7.02. The van der Waals surface area contributed by atoms with Crippen molar-refractivity contribution in [2.45, 2.75) is 26.4 Å². The molecule has 0 bridgehead atoms. The van der Waals surface area contributed by atoms with E-state index in [-0.39, 0.29) is 23.6 Å². The van der Waals surface area contributed by atoms with Gasteiger partial charge in [0, 0.05) is 12.1 Å². The largest absolute Gasteiger partial charge is 0.496 e. The molecule has 0 unspecified atom stereocenters. The van der Waals surface area contributed by atoms with Crippen molar-refractivity contribution >= 4 is 11.9 Å².